The Morgan fingerprint density at radius 1 is 1.47 bits per heavy atom. The molecule has 5 heteroatoms. The highest BCUT2D eigenvalue weighted by molar-refractivity contribution is 9.10. The van der Waals surface area contributed by atoms with Crippen molar-refractivity contribution < 1.29 is 4.79 Å². The van der Waals surface area contributed by atoms with Gasteiger partial charge in [0.2, 0.25) is 5.91 Å². The highest BCUT2D eigenvalue weighted by Crippen LogP contribution is 2.20. The van der Waals surface area contributed by atoms with E-state index >= 15 is 0 Å². The zero-order valence-electron chi connectivity index (χ0n) is 10.7. The fourth-order valence-corrected chi connectivity index (χ4v) is 2.56. The lowest BCUT2D eigenvalue weighted by Gasteiger charge is -2.15. The molecule has 1 aromatic rings. The van der Waals surface area contributed by atoms with Crippen LogP contribution in [0.15, 0.2) is 22.7 Å². The molecule has 0 saturated carbocycles. The van der Waals surface area contributed by atoms with Crippen molar-refractivity contribution in [1.82, 2.24) is 4.90 Å². The third-order valence-corrected chi connectivity index (χ3v) is 3.69. The molecule has 0 aliphatic carbocycles. The lowest BCUT2D eigenvalue weighted by atomic mass is 10.2. The first-order chi connectivity index (χ1) is 9.20. The summed E-state index contributed by atoms with van der Waals surface area (Å²) in [6.07, 6.45) is 2.57. The Hall–Kier alpha value is -1.54. The number of hydrogen-bond donors (Lipinski definition) is 1. The van der Waals surface area contributed by atoms with E-state index in [0.29, 0.717) is 12.0 Å². The monoisotopic (exact) mass is 321 g/mol. The number of nitrogens with zero attached hydrogens (tertiary/aromatic N) is 2. The first kappa shape index (κ1) is 13.9. The van der Waals surface area contributed by atoms with Gasteiger partial charge in [-0.05, 0) is 31.0 Å². The molecule has 0 aromatic heterocycles. The molecule has 1 aliphatic rings. The second-order valence-corrected chi connectivity index (χ2v) is 5.48. The van der Waals surface area contributed by atoms with E-state index in [1.807, 2.05) is 17.0 Å². The Morgan fingerprint density at radius 2 is 2.32 bits per heavy atom. The quantitative estimate of drug-likeness (QED) is 0.848. The Balaban J connectivity index is 1.80. The van der Waals surface area contributed by atoms with E-state index in [1.54, 1.807) is 6.07 Å². The molecule has 0 atom stereocenters. The molecular formula is C14H16BrN3O. The van der Waals surface area contributed by atoms with Gasteiger partial charge in [0.05, 0.1) is 11.3 Å². The third kappa shape index (κ3) is 3.71. The summed E-state index contributed by atoms with van der Waals surface area (Å²) in [4.78, 5) is 13.3. The highest BCUT2D eigenvalue weighted by atomic mass is 79.9. The van der Waals surface area contributed by atoms with Gasteiger partial charge in [-0.2, -0.15) is 5.26 Å². The van der Waals surface area contributed by atoms with Crippen molar-refractivity contribution in [3.8, 4) is 6.07 Å². The van der Waals surface area contributed by atoms with E-state index in [4.69, 9.17) is 5.26 Å². The summed E-state index contributed by atoms with van der Waals surface area (Å²) < 4.78 is 0.900. The summed E-state index contributed by atoms with van der Waals surface area (Å²) in [5.41, 5.74) is 1.48. The molecule has 1 heterocycles. The smallest absolute Gasteiger partial charge is 0.222 e. The van der Waals surface area contributed by atoms with Crippen LogP contribution >= 0.6 is 15.9 Å². The first-order valence-corrected chi connectivity index (χ1v) is 7.21. The molecule has 1 aliphatic heterocycles. The lowest BCUT2D eigenvalue weighted by molar-refractivity contribution is -0.127. The average molecular weight is 322 g/mol. The van der Waals surface area contributed by atoms with Gasteiger partial charge in [-0.25, -0.2) is 0 Å². The molecule has 19 heavy (non-hydrogen) atoms. The van der Waals surface area contributed by atoms with Crippen molar-refractivity contribution in [3.63, 3.8) is 0 Å². The van der Waals surface area contributed by atoms with Crippen molar-refractivity contribution in [2.24, 2.45) is 0 Å². The lowest BCUT2D eigenvalue weighted by Crippen LogP contribution is -2.27. The Morgan fingerprint density at radius 3 is 3.00 bits per heavy atom. The van der Waals surface area contributed by atoms with Crippen LogP contribution in [0, 0.1) is 11.3 Å². The van der Waals surface area contributed by atoms with Gasteiger partial charge >= 0.3 is 0 Å². The minimum atomic E-state index is 0.265. The molecule has 0 unspecified atom stereocenters. The molecule has 1 saturated heterocycles. The number of halogens is 1. The van der Waals surface area contributed by atoms with E-state index < -0.39 is 0 Å². The van der Waals surface area contributed by atoms with Gasteiger partial charge in [0.15, 0.2) is 0 Å². The van der Waals surface area contributed by atoms with Gasteiger partial charge in [-0.15, -0.1) is 0 Å². The summed E-state index contributed by atoms with van der Waals surface area (Å²) in [7, 11) is 0. The predicted octanol–water partition coefficient (Wildman–Crippen LogP) is 2.75. The number of benzene rings is 1. The molecule has 2 rings (SSSR count). The van der Waals surface area contributed by atoms with E-state index in [2.05, 4.69) is 27.3 Å². The van der Waals surface area contributed by atoms with Gasteiger partial charge in [0, 0.05) is 30.5 Å². The SMILES string of the molecule is N#Cc1cc(Br)ccc1NCCCN1CCCC1=O. The second kappa shape index (κ2) is 6.58. The van der Waals surface area contributed by atoms with Gasteiger partial charge in [0.1, 0.15) is 6.07 Å². The molecular weight excluding hydrogens is 306 g/mol. The van der Waals surface area contributed by atoms with Crippen molar-refractivity contribution in [1.29, 1.82) is 5.26 Å². The van der Waals surface area contributed by atoms with Crippen LogP contribution in [-0.4, -0.2) is 30.4 Å². The van der Waals surface area contributed by atoms with Crippen LogP contribution in [0.2, 0.25) is 0 Å². The van der Waals surface area contributed by atoms with Crippen molar-refractivity contribution in [3.05, 3.63) is 28.2 Å². The van der Waals surface area contributed by atoms with Crippen LogP contribution in [0.4, 0.5) is 5.69 Å². The zero-order valence-corrected chi connectivity index (χ0v) is 12.2. The summed E-state index contributed by atoms with van der Waals surface area (Å²) in [5, 5.41) is 12.3. The molecule has 0 spiro atoms. The highest BCUT2D eigenvalue weighted by Gasteiger charge is 2.18. The average Bonchev–Trinajstić information content (AvgIpc) is 2.81. The van der Waals surface area contributed by atoms with Crippen molar-refractivity contribution >= 4 is 27.5 Å². The van der Waals surface area contributed by atoms with Gasteiger partial charge in [-0.1, -0.05) is 15.9 Å². The van der Waals surface area contributed by atoms with E-state index in [1.165, 1.54) is 0 Å². The summed E-state index contributed by atoms with van der Waals surface area (Å²) in [6.45, 7) is 2.45. The summed E-state index contributed by atoms with van der Waals surface area (Å²) in [6, 6.07) is 7.77. The maximum Gasteiger partial charge on any atom is 0.222 e. The maximum atomic E-state index is 11.4. The Bertz CT molecular complexity index is 510. The number of nitrogens with one attached hydrogen (secondary N) is 1. The van der Waals surface area contributed by atoms with Crippen LogP contribution in [0.3, 0.4) is 0 Å². The van der Waals surface area contributed by atoms with E-state index in [9.17, 15) is 4.79 Å². The molecule has 100 valence electrons. The number of nitriles is 1. The molecule has 1 aromatic carbocycles. The maximum absolute atomic E-state index is 11.4. The van der Waals surface area contributed by atoms with Crippen LogP contribution in [0.1, 0.15) is 24.8 Å². The molecule has 1 fully saturated rings. The standard InChI is InChI=1S/C14H16BrN3O/c15-12-4-5-13(11(9-12)10-16)17-6-2-8-18-7-1-3-14(18)19/h4-5,9,17H,1-3,6-8H2. The van der Waals surface area contributed by atoms with Crippen LogP contribution in [0.25, 0.3) is 0 Å². The number of likely N-dealkylation sites (tertiary alicyclic amines) is 1. The van der Waals surface area contributed by atoms with E-state index in [0.717, 1.165) is 42.6 Å². The molecule has 1 N–H and O–H groups in total. The Kier molecular flexibility index (Phi) is 4.80. The fraction of sp³-hybridized carbons (Fsp3) is 0.429. The van der Waals surface area contributed by atoms with Crippen LogP contribution in [-0.2, 0) is 4.79 Å². The minimum Gasteiger partial charge on any atom is -0.384 e. The predicted molar refractivity (Wildman–Crippen MR) is 77.8 cm³/mol. The number of hydrogen-bond acceptors (Lipinski definition) is 3. The fourth-order valence-electron chi connectivity index (χ4n) is 2.20. The largest absolute Gasteiger partial charge is 0.384 e. The normalized spacial score (nSPS) is 14.5. The minimum absolute atomic E-state index is 0.265. The zero-order chi connectivity index (χ0) is 13.7. The van der Waals surface area contributed by atoms with Gasteiger partial charge in [0.25, 0.3) is 0 Å². The van der Waals surface area contributed by atoms with Crippen LogP contribution < -0.4 is 5.32 Å². The van der Waals surface area contributed by atoms with Crippen LogP contribution in [0.5, 0.6) is 0 Å². The van der Waals surface area contributed by atoms with E-state index in [-0.39, 0.29) is 5.91 Å². The number of rotatable bonds is 5. The summed E-state index contributed by atoms with van der Waals surface area (Å²) in [5.74, 6) is 0.265. The van der Waals surface area contributed by atoms with Crippen molar-refractivity contribution in [2.75, 3.05) is 25.0 Å². The van der Waals surface area contributed by atoms with Gasteiger partial charge < -0.3 is 10.2 Å². The second-order valence-electron chi connectivity index (χ2n) is 4.57. The number of carbonyl (C=O) groups excluding carboxylic acids is 1. The third-order valence-electron chi connectivity index (χ3n) is 3.19. The molecule has 0 radical (unpaired) electrons. The van der Waals surface area contributed by atoms with Gasteiger partial charge in [-0.3, -0.25) is 4.79 Å². The molecule has 1 amide bonds. The number of amides is 1. The number of carbonyl (C=O) groups is 1. The topological polar surface area (TPSA) is 56.1 Å². The number of anilines is 1. The first-order valence-electron chi connectivity index (χ1n) is 6.42. The summed E-state index contributed by atoms with van der Waals surface area (Å²) >= 11 is 3.35. The van der Waals surface area contributed by atoms with Crippen molar-refractivity contribution in [2.45, 2.75) is 19.3 Å². The Labute approximate surface area is 121 Å². The molecule has 0 bridgehead atoms. The molecule has 4 nitrogen and oxygen atoms in total.